The van der Waals surface area contributed by atoms with Gasteiger partial charge in [-0.25, -0.2) is 0 Å². The van der Waals surface area contributed by atoms with Crippen molar-refractivity contribution in [3.05, 3.63) is 18.3 Å². The van der Waals surface area contributed by atoms with Gasteiger partial charge in [-0.05, 0) is 32.0 Å². The number of hydrogen-bond donors (Lipinski definition) is 2. The van der Waals surface area contributed by atoms with Crippen LogP contribution in [0.3, 0.4) is 0 Å². The lowest BCUT2D eigenvalue weighted by molar-refractivity contribution is -0.123. The first kappa shape index (κ1) is 10.0. The van der Waals surface area contributed by atoms with Crippen molar-refractivity contribution < 1.29 is 4.79 Å². The predicted molar refractivity (Wildman–Crippen MR) is 56.3 cm³/mol. The molecule has 5 nitrogen and oxygen atoms in total. The second kappa shape index (κ2) is 3.94. The molecular formula is C10H14N4O. The summed E-state index contributed by atoms with van der Waals surface area (Å²) in [6.45, 7) is 3.57. The van der Waals surface area contributed by atoms with Gasteiger partial charge in [0.2, 0.25) is 5.91 Å². The van der Waals surface area contributed by atoms with Crippen molar-refractivity contribution in [1.29, 1.82) is 0 Å². The van der Waals surface area contributed by atoms with Crippen molar-refractivity contribution in [1.82, 2.24) is 15.5 Å². The van der Waals surface area contributed by atoms with Gasteiger partial charge in [-0.3, -0.25) is 4.79 Å². The summed E-state index contributed by atoms with van der Waals surface area (Å²) in [5, 5.41) is 13.5. The molecule has 1 aromatic heterocycles. The van der Waals surface area contributed by atoms with E-state index >= 15 is 0 Å². The second-order valence-corrected chi connectivity index (χ2v) is 4.05. The fourth-order valence-corrected chi connectivity index (χ4v) is 1.65. The van der Waals surface area contributed by atoms with Crippen molar-refractivity contribution in [2.24, 2.45) is 5.41 Å². The number of nitrogens with one attached hydrogen (secondary N) is 2. The molecule has 2 heterocycles. The van der Waals surface area contributed by atoms with Crippen LogP contribution in [-0.2, 0) is 4.79 Å². The maximum Gasteiger partial charge on any atom is 0.232 e. The van der Waals surface area contributed by atoms with Crippen LogP contribution in [0, 0.1) is 5.41 Å². The zero-order chi connectivity index (χ0) is 10.7. The molecule has 1 aliphatic heterocycles. The Morgan fingerprint density at radius 2 is 2.53 bits per heavy atom. The standard InChI is InChI=1S/C10H14N4O/c1-10(4-6-11-7-10)9(15)13-8-3-2-5-12-14-8/h2-3,5,11H,4,6-7H2,1H3,(H,13,14,15). The largest absolute Gasteiger partial charge is 0.316 e. The van der Waals surface area contributed by atoms with Gasteiger partial charge in [0.05, 0.1) is 5.41 Å². The molecule has 1 fully saturated rings. The topological polar surface area (TPSA) is 66.9 Å². The van der Waals surface area contributed by atoms with Crippen LogP contribution >= 0.6 is 0 Å². The van der Waals surface area contributed by atoms with Crippen LogP contribution in [0.4, 0.5) is 5.82 Å². The van der Waals surface area contributed by atoms with Crippen LogP contribution in [0.25, 0.3) is 0 Å². The van der Waals surface area contributed by atoms with Crippen LogP contribution in [-0.4, -0.2) is 29.2 Å². The summed E-state index contributed by atoms with van der Waals surface area (Å²) in [5.74, 6) is 0.517. The normalized spacial score (nSPS) is 25.1. The molecule has 0 bridgehead atoms. The van der Waals surface area contributed by atoms with Crippen LogP contribution in [0.15, 0.2) is 18.3 Å². The fourth-order valence-electron chi connectivity index (χ4n) is 1.65. The molecule has 2 rings (SSSR count). The van der Waals surface area contributed by atoms with E-state index in [1.807, 2.05) is 6.92 Å². The number of hydrogen-bond acceptors (Lipinski definition) is 4. The third-order valence-electron chi connectivity index (χ3n) is 2.73. The first-order valence-corrected chi connectivity index (χ1v) is 5.01. The average Bonchev–Trinajstić information content (AvgIpc) is 2.68. The number of nitrogens with zero attached hydrogens (tertiary/aromatic N) is 2. The summed E-state index contributed by atoms with van der Waals surface area (Å²) in [4.78, 5) is 11.9. The first-order chi connectivity index (χ1) is 7.21. The molecule has 1 aliphatic rings. The molecule has 0 radical (unpaired) electrons. The number of carbonyl (C=O) groups is 1. The molecule has 2 N–H and O–H groups in total. The van der Waals surface area contributed by atoms with Crippen LogP contribution in [0.5, 0.6) is 0 Å². The lowest BCUT2D eigenvalue weighted by atomic mass is 9.89. The summed E-state index contributed by atoms with van der Waals surface area (Å²) in [6.07, 6.45) is 2.44. The quantitative estimate of drug-likeness (QED) is 0.735. The Morgan fingerprint density at radius 1 is 1.67 bits per heavy atom. The van der Waals surface area contributed by atoms with Gasteiger partial charge in [0.15, 0.2) is 5.82 Å². The zero-order valence-electron chi connectivity index (χ0n) is 8.66. The first-order valence-electron chi connectivity index (χ1n) is 5.01. The Balaban J connectivity index is 2.04. The molecule has 15 heavy (non-hydrogen) atoms. The number of rotatable bonds is 2. The molecule has 1 aromatic rings. The van der Waals surface area contributed by atoms with Gasteiger partial charge in [-0.1, -0.05) is 0 Å². The van der Waals surface area contributed by atoms with E-state index in [0.29, 0.717) is 5.82 Å². The Kier molecular flexibility index (Phi) is 2.64. The molecule has 1 saturated heterocycles. The minimum absolute atomic E-state index is 0.00741. The van der Waals surface area contributed by atoms with Gasteiger partial charge in [-0.2, -0.15) is 5.10 Å². The molecule has 0 spiro atoms. The maximum atomic E-state index is 11.9. The number of carbonyl (C=O) groups excluding carboxylic acids is 1. The molecular weight excluding hydrogens is 192 g/mol. The highest BCUT2D eigenvalue weighted by Gasteiger charge is 2.36. The van der Waals surface area contributed by atoms with E-state index in [-0.39, 0.29) is 11.3 Å². The van der Waals surface area contributed by atoms with E-state index in [4.69, 9.17) is 0 Å². The van der Waals surface area contributed by atoms with Crippen molar-refractivity contribution in [2.45, 2.75) is 13.3 Å². The number of aromatic nitrogens is 2. The lowest BCUT2D eigenvalue weighted by Gasteiger charge is -2.20. The summed E-state index contributed by atoms with van der Waals surface area (Å²) in [7, 11) is 0. The van der Waals surface area contributed by atoms with Crippen molar-refractivity contribution in [2.75, 3.05) is 18.4 Å². The number of anilines is 1. The summed E-state index contributed by atoms with van der Waals surface area (Å²) < 4.78 is 0. The van der Waals surface area contributed by atoms with Gasteiger partial charge in [-0.15, -0.1) is 5.10 Å². The molecule has 1 unspecified atom stereocenters. The molecule has 5 heteroatoms. The molecule has 1 amide bonds. The molecule has 0 aliphatic carbocycles. The van der Waals surface area contributed by atoms with Gasteiger partial charge in [0.25, 0.3) is 0 Å². The van der Waals surface area contributed by atoms with Gasteiger partial charge in [0.1, 0.15) is 0 Å². The Bertz CT molecular complexity index is 346. The highest BCUT2D eigenvalue weighted by Crippen LogP contribution is 2.25. The highest BCUT2D eigenvalue weighted by molar-refractivity contribution is 5.94. The third kappa shape index (κ3) is 2.12. The van der Waals surface area contributed by atoms with Crippen LogP contribution in [0.1, 0.15) is 13.3 Å². The van der Waals surface area contributed by atoms with Crippen molar-refractivity contribution in [3.63, 3.8) is 0 Å². The monoisotopic (exact) mass is 206 g/mol. The summed E-state index contributed by atoms with van der Waals surface area (Å²) >= 11 is 0. The number of amides is 1. The Morgan fingerprint density at radius 3 is 3.13 bits per heavy atom. The predicted octanol–water partition coefficient (Wildman–Crippen LogP) is 0.415. The van der Waals surface area contributed by atoms with Crippen molar-refractivity contribution >= 4 is 11.7 Å². The zero-order valence-corrected chi connectivity index (χ0v) is 8.66. The van der Waals surface area contributed by atoms with E-state index < -0.39 is 0 Å². The maximum absolute atomic E-state index is 11.9. The van der Waals surface area contributed by atoms with Gasteiger partial charge < -0.3 is 10.6 Å². The van der Waals surface area contributed by atoms with Crippen molar-refractivity contribution in [3.8, 4) is 0 Å². The highest BCUT2D eigenvalue weighted by atomic mass is 16.2. The van der Waals surface area contributed by atoms with E-state index in [9.17, 15) is 4.79 Å². The van der Waals surface area contributed by atoms with E-state index in [1.54, 1.807) is 18.3 Å². The summed E-state index contributed by atoms with van der Waals surface area (Å²) in [6, 6.07) is 3.48. The third-order valence-corrected chi connectivity index (χ3v) is 2.73. The fraction of sp³-hybridized carbons (Fsp3) is 0.500. The molecule has 0 aromatic carbocycles. The van der Waals surface area contributed by atoms with Gasteiger partial charge >= 0.3 is 0 Å². The minimum atomic E-state index is -0.322. The Labute approximate surface area is 88.3 Å². The molecule has 80 valence electrons. The molecule has 0 saturated carbocycles. The molecule has 1 atom stereocenters. The van der Waals surface area contributed by atoms with Crippen LogP contribution < -0.4 is 10.6 Å². The van der Waals surface area contributed by atoms with E-state index in [2.05, 4.69) is 20.8 Å². The van der Waals surface area contributed by atoms with E-state index in [0.717, 1.165) is 19.5 Å². The smallest absolute Gasteiger partial charge is 0.232 e. The van der Waals surface area contributed by atoms with E-state index in [1.165, 1.54) is 0 Å². The summed E-state index contributed by atoms with van der Waals surface area (Å²) in [5.41, 5.74) is -0.322. The lowest BCUT2D eigenvalue weighted by Crippen LogP contribution is -2.35. The van der Waals surface area contributed by atoms with Crippen LogP contribution in [0.2, 0.25) is 0 Å². The minimum Gasteiger partial charge on any atom is -0.316 e. The SMILES string of the molecule is CC1(C(=O)Nc2cccnn2)CCNC1. The van der Waals surface area contributed by atoms with Gasteiger partial charge in [0, 0.05) is 12.7 Å². The Hall–Kier alpha value is -1.49. The second-order valence-electron chi connectivity index (χ2n) is 4.05. The average molecular weight is 206 g/mol.